The molecule has 0 saturated carbocycles. The molecular formula is C20H42O6. The van der Waals surface area contributed by atoms with E-state index in [4.69, 9.17) is 15.3 Å². The topological polar surface area (TPSA) is 115 Å². The molecule has 4 N–H and O–H groups in total. The molecule has 0 saturated heterocycles. The van der Waals surface area contributed by atoms with Gasteiger partial charge in [-0.1, -0.05) is 61.3 Å². The minimum atomic E-state index is -0.711. The molecule has 0 aliphatic carbocycles. The summed E-state index contributed by atoms with van der Waals surface area (Å²) in [5.74, 6) is -1.25. The predicted octanol–water partition coefficient (Wildman–Crippen LogP) is 4.18. The minimum Gasteiger partial charge on any atom is -0.481 e. The third-order valence-electron chi connectivity index (χ3n) is 4.05. The summed E-state index contributed by atoms with van der Waals surface area (Å²) >= 11 is 0. The van der Waals surface area contributed by atoms with Crippen LogP contribution in [0.15, 0.2) is 0 Å². The summed E-state index contributed by atoms with van der Waals surface area (Å²) in [6, 6.07) is 0. The minimum absolute atomic E-state index is 0.0341. The van der Waals surface area contributed by atoms with Gasteiger partial charge in [0, 0.05) is 11.8 Å². The molecule has 0 rings (SSSR count). The molecule has 0 fully saturated rings. The van der Waals surface area contributed by atoms with E-state index >= 15 is 0 Å². The summed E-state index contributed by atoms with van der Waals surface area (Å²) in [4.78, 5) is 20.0. The van der Waals surface area contributed by atoms with Gasteiger partial charge >= 0.3 is 11.9 Å². The molecule has 0 radical (unpaired) electrons. The van der Waals surface area contributed by atoms with E-state index in [1.807, 2.05) is 41.5 Å². The van der Waals surface area contributed by atoms with Crippen molar-refractivity contribution in [3.63, 3.8) is 0 Å². The Balaban J connectivity index is -0.000000316. The zero-order valence-corrected chi connectivity index (χ0v) is 17.8. The van der Waals surface area contributed by atoms with Gasteiger partial charge in [-0.15, -0.1) is 0 Å². The number of aliphatic carboxylic acids is 2. The number of carboxylic acids is 2. The fourth-order valence-corrected chi connectivity index (χ4v) is 2.16. The van der Waals surface area contributed by atoms with Crippen molar-refractivity contribution >= 4 is 11.9 Å². The van der Waals surface area contributed by atoms with Crippen molar-refractivity contribution in [1.82, 2.24) is 0 Å². The van der Waals surface area contributed by atoms with E-state index < -0.39 is 18.0 Å². The van der Waals surface area contributed by atoms with Gasteiger partial charge in [0.1, 0.15) is 0 Å². The molecule has 158 valence electrons. The number of carbonyl (C=O) groups is 2. The average Bonchev–Trinajstić information content (AvgIpc) is 2.55. The molecule has 6 nitrogen and oxygen atoms in total. The Kier molecular flexibility index (Phi) is 19.7. The van der Waals surface area contributed by atoms with E-state index in [1.165, 1.54) is 0 Å². The molecular weight excluding hydrogens is 336 g/mol. The van der Waals surface area contributed by atoms with Crippen molar-refractivity contribution in [2.75, 3.05) is 6.61 Å². The largest absolute Gasteiger partial charge is 0.481 e. The molecule has 2 atom stereocenters. The first-order chi connectivity index (χ1) is 11.9. The summed E-state index contributed by atoms with van der Waals surface area (Å²) in [7, 11) is 0. The molecule has 0 spiro atoms. The maximum atomic E-state index is 10.4. The van der Waals surface area contributed by atoms with Crippen molar-refractivity contribution in [2.24, 2.45) is 17.3 Å². The molecule has 0 heterocycles. The first-order valence-electron chi connectivity index (χ1n) is 9.64. The Morgan fingerprint density at radius 3 is 1.65 bits per heavy atom. The Labute approximate surface area is 159 Å². The summed E-state index contributed by atoms with van der Waals surface area (Å²) < 4.78 is 0. The quantitative estimate of drug-likeness (QED) is 0.453. The molecule has 26 heavy (non-hydrogen) atoms. The summed E-state index contributed by atoms with van der Waals surface area (Å²) in [6.07, 6.45) is 4.32. The molecule has 0 aromatic rings. The fraction of sp³-hybridized carbons (Fsp3) is 0.900. The highest BCUT2D eigenvalue weighted by Gasteiger charge is 2.28. The SMILES string of the molecule is CC(C)C(O)C(C)(C)CO.CCCC(=O)O.CCCCC(CC)C(=O)O. The van der Waals surface area contributed by atoms with Crippen LogP contribution in [0.3, 0.4) is 0 Å². The van der Waals surface area contributed by atoms with Gasteiger partial charge in [0.2, 0.25) is 0 Å². The van der Waals surface area contributed by atoms with Gasteiger partial charge in [0.05, 0.1) is 18.6 Å². The number of aliphatic hydroxyl groups excluding tert-OH is 2. The van der Waals surface area contributed by atoms with Gasteiger partial charge in [0.15, 0.2) is 0 Å². The summed E-state index contributed by atoms with van der Waals surface area (Å²) in [5.41, 5.74) is -0.367. The average molecular weight is 379 g/mol. The molecule has 0 bridgehead atoms. The van der Waals surface area contributed by atoms with Crippen LogP contribution in [0.5, 0.6) is 0 Å². The molecule has 0 aromatic carbocycles. The van der Waals surface area contributed by atoms with Crippen LogP contribution < -0.4 is 0 Å². The molecule has 6 heteroatoms. The Morgan fingerprint density at radius 1 is 1.00 bits per heavy atom. The van der Waals surface area contributed by atoms with Crippen molar-refractivity contribution in [3.05, 3.63) is 0 Å². The van der Waals surface area contributed by atoms with Crippen molar-refractivity contribution in [3.8, 4) is 0 Å². The Hall–Kier alpha value is -1.14. The number of hydrogen-bond acceptors (Lipinski definition) is 4. The molecule has 2 unspecified atom stereocenters. The van der Waals surface area contributed by atoms with Crippen LogP contribution in [0.4, 0.5) is 0 Å². The van der Waals surface area contributed by atoms with Crippen LogP contribution in [-0.2, 0) is 9.59 Å². The Morgan fingerprint density at radius 2 is 1.50 bits per heavy atom. The number of aliphatic hydroxyl groups is 2. The maximum absolute atomic E-state index is 10.4. The second-order valence-electron chi connectivity index (χ2n) is 7.56. The highest BCUT2D eigenvalue weighted by molar-refractivity contribution is 5.69. The van der Waals surface area contributed by atoms with Gasteiger partial charge in [-0.05, 0) is 25.2 Å². The van der Waals surface area contributed by atoms with E-state index in [0.29, 0.717) is 6.42 Å². The molecule has 0 aromatic heterocycles. The van der Waals surface area contributed by atoms with E-state index in [1.54, 1.807) is 0 Å². The Bertz CT molecular complexity index is 352. The summed E-state index contributed by atoms with van der Waals surface area (Å²) in [5, 5.41) is 34.9. The lowest BCUT2D eigenvalue weighted by Crippen LogP contribution is -2.36. The van der Waals surface area contributed by atoms with Crippen LogP contribution in [0.25, 0.3) is 0 Å². The van der Waals surface area contributed by atoms with E-state index in [2.05, 4.69) is 6.92 Å². The van der Waals surface area contributed by atoms with Gasteiger partial charge in [-0.3, -0.25) is 9.59 Å². The van der Waals surface area contributed by atoms with Crippen LogP contribution >= 0.6 is 0 Å². The number of hydrogen-bond donors (Lipinski definition) is 4. The third kappa shape index (κ3) is 17.7. The standard InChI is InChI=1S/C8H18O2.C8H16O2.C4H8O2/c1-6(2)7(10)8(3,4)5-9;1-3-5-6-7(4-2)8(9)10;1-2-3-4(5)6/h6-7,9-10H,5H2,1-4H3;7H,3-6H2,1-2H3,(H,9,10);2-3H2,1H3,(H,5,6). The lowest BCUT2D eigenvalue weighted by atomic mass is 9.82. The van der Waals surface area contributed by atoms with Crippen LogP contribution in [0, 0.1) is 17.3 Å². The highest BCUT2D eigenvalue weighted by atomic mass is 16.4. The number of carboxylic acid groups (broad SMARTS) is 2. The van der Waals surface area contributed by atoms with E-state index in [9.17, 15) is 14.7 Å². The van der Waals surface area contributed by atoms with E-state index in [-0.39, 0.29) is 23.9 Å². The predicted molar refractivity (Wildman–Crippen MR) is 105 cm³/mol. The zero-order chi connectivity index (χ0) is 21.3. The molecule has 0 aliphatic heterocycles. The van der Waals surface area contributed by atoms with Crippen molar-refractivity contribution in [2.45, 2.75) is 93.1 Å². The fourth-order valence-electron chi connectivity index (χ4n) is 2.16. The molecule has 0 aliphatic rings. The second kappa shape index (κ2) is 17.3. The van der Waals surface area contributed by atoms with Gasteiger partial charge in [0.25, 0.3) is 0 Å². The number of unbranched alkanes of at least 4 members (excludes halogenated alkanes) is 1. The van der Waals surface area contributed by atoms with Gasteiger partial charge in [-0.25, -0.2) is 0 Å². The van der Waals surface area contributed by atoms with Crippen molar-refractivity contribution in [1.29, 1.82) is 0 Å². The zero-order valence-electron chi connectivity index (χ0n) is 17.8. The number of rotatable bonds is 10. The first kappa shape index (κ1) is 29.6. The first-order valence-corrected chi connectivity index (χ1v) is 9.64. The smallest absolute Gasteiger partial charge is 0.306 e. The van der Waals surface area contributed by atoms with Crippen LogP contribution in [0.2, 0.25) is 0 Å². The van der Waals surface area contributed by atoms with Gasteiger partial charge in [-0.2, -0.15) is 0 Å². The van der Waals surface area contributed by atoms with Crippen molar-refractivity contribution < 1.29 is 30.0 Å². The lowest BCUT2D eigenvalue weighted by molar-refractivity contribution is -0.142. The maximum Gasteiger partial charge on any atom is 0.306 e. The third-order valence-corrected chi connectivity index (χ3v) is 4.05. The lowest BCUT2D eigenvalue weighted by Gasteiger charge is -2.30. The molecule has 0 amide bonds. The van der Waals surface area contributed by atoms with E-state index in [0.717, 1.165) is 32.1 Å². The second-order valence-corrected chi connectivity index (χ2v) is 7.56. The monoisotopic (exact) mass is 378 g/mol. The van der Waals surface area contributed by atoms with Crippen LogP contribution in [0.1, 0.15) is 87.0 Å². The van der Waals surface area contributed by atoms with Gasteiger partial charge < -0.3 is 20.4 Å². The highest BCUT2D eigenvalue weighted by Crippen LogP contribution is 2.24. The normalized spacial score (nSPS) is 13.0. The summed E-state index contributed by atoms with van der Waals surface area (Å²) in [6.45, 7) is 13.5. The van der Waals surface area contributed by atoms with Crippen LogP contribution in [-0.4, -0.2) is 45.1 Å².